The molecular formula is C25H32N4O4S. The van der Waals surface area contributed by atoms with Crippen LogP contribution in [0.25, 0.3) is 11.3 Å². The standard InChI is InChI=1S/C25H32N4O4S/c1-4-29(5-2)17-12-18-34(31,32)27-24-22(33-26-23(24)20-13-8-6-9-14-20)19-28(3)25(30)21-15-10-7-11-16-21/h6-11,13-16,27H,4-5,12,17-19H2,1-3H3. The van der Waals surface area contributed by atoms with Crippen molar-refractivity contribution in [3.8, 4) is 11.3 Å². The summed E-state index contributed by atoms with van der Waals surface area (Å²) in [5.41, 5.74) is 1.91. The number of nitrogens with zero attached hydrogens (tertiary/aromatic N) is 3. The fourth-order valence-electron chi connectivity index (χ4n) is 3.64. The first kappa shape index (κ1) is 25.5. The topological polar surface area (TPSA) is 95.8 Å². The van der Waals surface area contributed by atoms with Crippen LogP contribution in [-0.4, -0.2) is 61.7 Å². The van der Waals surface area contributed by atoms with Crippen molar-refractivity contribution in [2.75, 3.05) is 37.2 Å². The molecule has 8 nitrogen and oxygen atoms in total. The Hall–Kier alpha value is -3.17. The molecule has 0 bridgehead atoms. The first-order valence-electron chi connectivity index (χ1n) is 11.4. The van der Waals surface area contributed by atoms with Crippen LogP contribution in [0.5, 0.6) is 0 Å². The minimum Gasteiger partial charge on any atom is -0.357 e. The molecule has 0 unspecified atom stereocenters. The van der Waals surface area contributed by atoms with Gasteiger partial charge in [0.2, 0.25) is 10.0 Å². The number of sulfonamides is 1. The molecule has 0 aliphatic rings. The van der Waals surface area contributed by atoms with Crippen LogP contribution in [0.2, 0.25) is 0 Å². The van der Waals surface area contributed by atoms with Gasteiger partial charge in [0.1, 0.15) is 11.4 Å². The molecule has 9 heteroatoms. The average molecular weight is 485 g/mol. The number of aromatic nitrogens is 1. The third-order valence-corrected chi connectivity index (χ3v) is 6.94. The molecule has 0 saturated carbocycles. The van der Waals surface area contributed by atoms with Crippen molar-refractivity contribution in [3.63, 3.8) is 0 Å². The number of nitrogens with one attached hydrogen (secondary N) is 1. The number of anilines is 1. The van der Waals surface area contributed by atoms with Crippen LogP contribution >= 0.6 is 0 Å². The van der Waals surface area contributed by atoms with Crippen molar-refractivity contribution in [3.05, 3.63) is 72.0 Å². The van der Waals surface area contributed by atoms with Crippen LogP contribution in [0.4, 0.5) is 5.69 Å². The van der Waals surface area contributed by atoms with Crippen molar-refractivity contribution in [1.29, 1.82) is 0 Å². The summed E-state index contributed by atoms with van der Waals surface area (Å²) >= 11 is 0. The quantitative estimate of drug-likeness (QED) is 0.416. The summed E-state index contributed by atoms with van der Waals surface area (Å²) in [5, 5.41) is 4.14. The van der Waals surface area contributed by atoms with Gasteiger partial charge < -0.3 is 14.3 Å². The first-order chi connectivity index (χ1) is 16.3. The smallest absolute Gasteiger partial charge is 0.254 e. The van der Waals surface area contributed by atoms with Crippen LogP contribution in [0.3, 0.4) is 0 Å². The molecule has 1 aromatic heterocycles. The number of carbonyl (C=O) groups is 1. The monoisotopic (exact) mass is 484 g/mol. The van der Waals surface area contributed by atoms with Gasteiger partial charge in [-0.3, -0.25) is 9.52 Å². The summed E-state index contributed by atoms with van der Waals surface area (Å²) in [4.78, 5) is 16.5. The Morgan fingerprint density at radius 2 is 1.62 bits per heavy atom. The molecule has 1 N–H and O–H groups in total. The fraction of sp³-hybridized carbons (Fsp3) is 0.360. The third kappa shape index (κ3) is 6.68. The highest BCUT2D eigenvalue weighted by atomic mass is 32.2. The van der Waals surface area contributed by atoms with E-state index in [0.717, 1.165) is 18.7 Å². The molecule has 0 fully saturated rings. The van der Waals surface area contributed by atoms with Gasteiger partial charge in [-0.2, -0.15) is 0 Å². The molecule has 1 heterocycles. The SMILES string of the molecule is CCN(CC)CCCS(=O)(=O)Nc1c(-c2ccccc2)noc1CN(C)C(=O)c1ccccc1. The van der Waals surface area contributed by atoms with Crippen molar-refractivity contribution in [2.45, 2.75) is 26.8 Å². The summed E-state index contributed by atoms with van der Waals surface area (Å²) in [6, 6.07) is 18.1. The van der Waals surface area contributed by atoms with Crippen LogP contribution in [-0.2, 0) is 16.6 Å². The van der Waals surface area contributed by atoms with Crippen LogP contribution < -0.4 is 4.72 Å². The van der Waals surface area contributed by atoms with Gasteiger partial charge in [0.05, 0.1) is 12.3 Å². The van der Waals surface area contributed by atoms with E-state index in [1.807, 2.05) is 36.4 Å². The molecule has 3 rings (SSSR count). The predicted molar refractivity (Wildman–Crippen MR) is 134 cm³/mol. The maximum absolute atomic E-state index is 13.0. The van der Waals surface area contributed by atoms with Gasteiger partial charge in [-0.05, 0) is 38.2 Å². The van der Waals surface area contributed by atoms with E-state index in [-0.39, 0.29) is 29.7 Å². The molecule has 2 aromatic carbocycles. The second-order valence-corrected chi connectivity index (χ2v) is 9.87. The van der Waals surface area contributed by atoms with Gasteiger partial charge in [0, 0.05) is 18.2 Å². The van der Waals surface area contributed by atoms with Gasteiger partial charge in [-0.15, -0.1) is 0 Å². The zero-order chi connectivity index (χ0) is 24.6. The third-order valence-electron chi connectivity index (χ3n) is 5.60. The lowest BCUT2D eigenvalue weighted by Gasteiger charge is -2.18. The Labute approximate surface area is 201 Å². The van der Waals surface area contributed by atoms with Gasteiger partial charge in [0.15, 0.2) is 5.76 Å². The Bertz CT molecular complexity index is 1160. The largest absolute Gasteiger partial charge is 0.357 e. The molecule has 0 aliphatic carbocycles. The predicted octanol–water partition coefficient (Wildman–Crippen LogP) is 4.09. The Morgan fingerprint density at radius 3 is 2.24 bits per heavy atom. The van der Waals surface area contributed by atoms with Gasteiger partial charge in [0.25, 0.3) is 5.91 Å². The van der Waals surface area contributed by atoms with E-state index >= 15 is 0 Å². The zero-order valence-electron chi connectivity index (χ0n) is 19.9. The number of rotatable bonds is 12. The average Bonchev–Trinajstić information content (AvgIpc) is 3.23. The van der Waals surface area contributed by atoms with E-state index in [2.05, 4.69) is 28.6 Å². The van der Waals surface area contributed by atoms with E-state index in [1.165, 1.54) is 4.90 Å². The molecule has 0 aliphatic heterocycles. The molecule has 0 radical (unpaired) electrons. The normalized spacial score (nSPS) is 11.5. The van der Waals surface area contributed by atoms with Gasteiger partial charge in [-0.1, -0.05) is 67.5 Å². The van der Waals surface area contributed by atoms with Crippen LogP contribution in [0.1, 0.15) is 36.4 Å². The molecule has 34 heavy (non-hydrogen) atoms. The van der Waals surface area contributed by atoms with Crippen LogP contribution in [0.15, 0.2) is 65.2 Å². The second-order valence-electron chi connectivity index (χ2n) is 8.02. The number of amides is 1. The molecule has 3 aromatic rings. The lowest BCUT2D eigenvalue weighted by molar-refractivity contribution is 0.0773. The maximum atomic E-state index is 13.0. The second kappa shape index (κ2) is 11.8. The van der Waals surface area contributed by atoms with Crippen LogP contribution in [0, 0.1) is 0 Å². The van der Waals surface area contributed by atoms with E-state index in [0.29, 0.717) is 24.2 Å². The van der Waals surface area contributed by atoms with Crippen molar-refractivity contribution in [2.24, 2.45) is 0 Å². The zero-order valence-corrected chi connectivity index (χ0v) is 20.7. The summed E-state index contributed by atoms with van der Waals surface area (Å²) < 4.78 is 34.1. The first-order valence-corrected chi connectivity index (χ1v) is 13.1. The lowest BCUT2D eigenvalue weighted by Crippen LogP contribution is -2.28. The molecule has 182 valence electrons. The summed E-state index contributed by atoms with van der Waals surface area (Å²) in [5.74, 6) is 0.0467. The highest BCUT2D eigenvalue weighted by Gasteiger charge is 2.25. The fourth-order valence-corrected chi connectivity index (χ4v) is 4.78. The van der Waals surface area contributed by atoms with E-state index in [4.69, 9.17) is 4.52 Å². The van der Waals surface area contributed by atoms with E-state index < -0.39 is 10.0 Å². The lowest BCUT2D eigenvalue weighted by atomic mass is 10.1. The summed E-state index contributed by atoms with van der Waals surface area (Å²) in [7, 11) is -2.02. The Morgan fingerprint density at radius 1 is 1.00 bits per heavy atom. The van der Waals surface area contributed by atoms with E-state index in [9.17, 15) is 13.2 Å². The van der Waals surface area contributed by atoms with E-state index in [1.54, 1.807) is 31.3 Å². The molecule has 0 saturated heterocycles. The minimum atomic E-state index is -3.66. The minimum absolute atomic E-state index is 0.0267. The summed E-state index contributed by atoms with van der Waals surface area (Å²) in [6.07, 6.45) is 0.505. The highest BCUT2D eigenvalue weighted by molar-refractivity contribution is 7.92. The maximum Gasteiger partial charge on any atom is 0.254 e. The van der Waals surface area contributed by atoms with Crippen molar-refractivity contribution < 1.29 is 17.7 Å². The number of carbonyl (C=O) groups excluding carboxylic acids is 1. The number of benzene rings is 2. The molecule has 0 spiro atoms. The highest BCUT2D eigenvalue weighted by Crippen LogP contribution is 2.32. The van der Waals surface area contributed by atoms with Crippen molar-refractivity contribution >= 4 is 21.6 Å². The number of hydrogen-bond acceptors (Lipinski definition) is 6. The Balaban J connectivity index is 1.83. The van der Waals surface area contributed by atoms with Gasteiger partial charge in [-0.25, -0.2) is 8.42 Å². The molecular weight excluding hydrogens is 452 g/mol. The molecule has 0 atom stereocenters. The summed E-state index contributed by atoms with van der Waals surface area (Å²) in [6.45, 7) is 6.62. The van der Waals surface area contributed by atoms with Crippen molar-refractivity contribution in [1.82, 2.24) is 15.0 Å². The van der Waals surface area contributed by atoms with Gasteiger partial charge >= 0.3 is 0 Å². The Kier molecular flexibility index (Phi) is 8.84. The number of hydrogen-bond donors (Lipinski definition) is 1. The molecule has 1 amide bonds.